The van der Waals surface area contributed by atoms with Crippen LogP contribution in [0.3, 0.4) is 0 Å². The van der Waals surface area contributed by atoms with Crippen molar-refractivity contribution >= 4 is 44.5 Å². The molecule has 0 radical (unpaired) electrons. The van der Waals surface area contributed by atoms with Gasteiger partial charge in [-0.1, -0.05) is 33.6 Å². The molecule has 0 saturated heterocycles. The third-order valence-electron chi connectivity index (χ3n) is 3.78. The summed E-state index contributed by atoms with van der Waals surface area (Å²) in [4.78, 5) is 32.2. The summed E-state index contributed by atoms with van der Waals surface area (Å²) in [6.45, 7) is 3.50. The van der Waals surface area contributed by atoms with Crippen LogP contribution in [0.25, 0.3) is 10.9 Å². The van der Waals surface area contributed by atoms with Crippen LogP contribution < -0.4 is 15.4 Å². The van der Waals surface area contributed by atoms with Crippen molar-refractivity contribution in [3.8, 4) is 5.88 Å². The van der Waals surface area contributed by atoms with Gasteiger partial charge in [-0.25, -0.2) is 14.8 Å². The van der Waals surface area contributed by atoms with E-state index < -0.39 is 11.9 Å². The zero-order valence-electron chi connectivity index (χ0n) is 14.7. The standard InChI is InChI=1S/C19H17BrN4O3/c1-11-3-5-15(12(2)7-11)23-19(26)24-17(25)9-27-18-14-8-13(20)4-6-16(14)21-10-22-18/h3-8,10H,9H2,1-2H3,(H2,23,24,25,26). The fourth-order valence-electron chi connectivity index (χ4n) is 2.52. The van der Waals surface area contributed by atoms with Crippen molar-refractivity contribution < 1.29 is 14.3 Å². The first-order chi connectivity index (χ1) is 12.9. The van der Waals surface area contributed by atoms with E-state index >= 15 is 0 Å². The first kappa shape index (κ1) is 18.8. The fourth-order valence-corrected chi connectivity index (χ4v) is 2.89. The van der Waals surface area contributed by atoms with Crippen molar-refractivity contribution in [3.05, 3.63) is 58.3 Å². The Morgan fingerprint density at radius 1 is 1.11 bits per heavy atom. The maximum Gasteiger partial charge on any atom is 0.325 e. The van der Waals surface area contributed by atoms with Gasteiger partial charge in [-0.3, -0.25) is 10.1 Å². The van der Waals surface area contributed by atoms with Crippen LogP contribution >= 0.6 is 15.9 Å². The van der Waals surface area contributed by atoms with Crippen molar-refractivity contribution in [2.75, 3.05) is 11.9 Å². The van der Waals surface area contributed by atoms with Crippen molar-refractivity contribution in [2.24, 2.45) is 0 Å². The van der Waals surface area contributed by atoms with E-state index in [1.165, 1.54) is 6.33 Å². The Morgan fingerprint density at radius 3 is 2.70 bits per heavy atom. The molecule has 0 atom stereocenters. The number of carbonyl (C=O) groups excluding carboxylic acids is 2. The lowest BCUT2D eigenvalue weighted by Crippen LogP contribution is -2.37. The van der Waals surface area contributed by atoms with Crippen LogP contribution in [0, 0.1) is 13.8 Å². The van der Waals surface area contributed by atoms with Gasteiger partial charge in [0, 0.05) is 10.2 Å². The summed E-state index contributed by atoms with van der Waals surface area (Å²) < 4.78 is 6.30. The van der Waals surface area contributed by atoms with Crippen LogP contribution in [0.1, 0.15) is 11.1 Å². The third-order valence-corrected chi connectivity index (χ3v) is 4.28. The van der Waals surface area contributed by atoms with Gasteiger partial charge in [0.15, 0.2) is 6.61 Å². The van der Waals surface area contributed by atoms with E-state index in [4.69, 9.17) is 4.74 Å². The van der Waals surface area contributed by atoms with E-state index in [-0.39, 0.29) is 12.5 Å². The van der Waals surface area contributed by atoms with E-state index in [1.54, 1.807) is 12.1 Å². The molecular weight excluding hydrogens is 412 g/mol. The maximum absolute atomic E-state index is 12.0. The van der Waals surface area contributed by atoms with Gasteiger partial charge in [0.1, 0.15) is 6.33 Å². The van der Waals surface area contributed by atoms with Crippen molar-refractivity contribution in [2.45, 2.75) is 13.8 Å². The minimum absolute atomic E-state index is 0.270. The molecule has 8 heteroatoms. The van der Waals surface area contributed by atoms with Crippen LogP contribution in [0.4, 0.5) is 10.5 Å². The topological polar surface area (TPSA) is 93.2 Å². The molecule has 0 aliphatic rings. The highest BCUT2D eigenvalue weighted by Gasteiger charge is 2.12. The lowest BCUT2D eigenvalue weighted by molar-refractivity contribution is -0.121. The van der Waals surface area contributed by atoms with E-state index in [0.29, 0.717) is 16.6 Å². The summed E-state index contributed by atoms with van der Waals surface area (Å²) >= 11 is 3.38. The van der Waals surface area contributed by atoms with E-state index in [9.17, 15) is 9.59 Å². The summed E-state index contributed by atoms with van der Waals surface area (Å²) in [5.41, 5.74) is 3.33. The van der Waals surface area contributed by atoms with Gasteiger partial charge in [0.2, 0.25) is 5.88 Å². The number of nitrogens with one attached hydrogen (secondary N) is 2. The number of ether oxygens (including phenoxy) is 1. The molecule has 0 aliphatic carbocycles. The van der Waals surface area contributed by atoms with Gasteiger partial charge in [-0.05, 0) is 43.7 Å². The zero-order valence-corrected chi connectivity index (χ0v) is 16.3. The monoisotopic (exact) mass is 428 g/mol. The summed E-state index contributed by atoms with van der Waals surface area (Å²) in [7, 11) is 0. The second-order valence-electron chi connectivity index (χ2n) is 5.95. The van der Waals surface area contributed by atoms with Gasteiger partial charge in [-0.2, -0.15) is 0 Å². The first-order valence-electron chi connectivity index (χ1n) is 8.13. The molecule has 3 rings (SSSR count). The van der Waals surface area contributed by atoms with E-state index in [0.717, 1.165) is 15.6 Å². The van der Waals surface area contributed by atoms with Crippen LogP contribution in [0.5, 0.6) is 5.88 Å². The number of carbonyl (C=O) groups is 2. The predicted molar refractivity (Wildman–Crippen MR) is 106 cm³/mol. The van der Waals surface area contributed by atoms with Crippen molar-refractivity contribution in [3.63, 3.8) is 0 Å². The number of hydrogen-bond acceptors (Lipinski definition) is 5. The number of rotatable bonds is 4. The molecule has 1 heterocycles. The number of imide groups is 1. The summed E-state index contributed by atoms with van der Waals surface area (Å²) in [5.74, 6) is -0.315. The minimum atomic E-state index is -0.620. The Hall–Kier alpha value is -3.00. The van der Waals surface area contributed by atoms with Gasteiger partial charge in [0.05, 0.1) is 10.9 Å². The van der Waals surface area contributed by atoms with Gasteiger partial charge < -0.3 is 10.1 Å². The van der Waals surface area contributed by atoms with E-state index in [1.807, 2.05) is 38.1 Å². The molecule has 2 N–H and O–H groups in total. The number of halogens is 1. The summed E-state index contributed by atoms with van der Waals surface area (Å²) in [6.07, 6.45) is 1.36. The second-order valence-corrected chi connectivity index (χ2v) is 6.87. The fraction of sp³-hybridized carbons (Fsp3) is 0.158. The molecule has 0 fully saturated rings. The molecule has 0 unspecified atom stereocenters. The van der Waals surface area contributed by atoms with E-state index in [2.05, 4.69) is 36.5 Å². The molecule has 0 saturated carbocycles. The van der Waals surface area contributed by atoms with Crippen molar-refractivity contribution in [1.82, 2.24) is 15.3 Å². The lowest BCUT2D eigenvalue weighted by atomic mass is 10.1. The molecule has 7 nitrogen and oxygen atoms in total. The molecule has 3 amide bonds. The van der Waals surface area contributed by atoms with Gasteiger partial charge in [-0.15, -0.1) is 0 Å². The van der Waals surface area contributed by atoms with Gasteiger partial charge in [0.25, 0.3) is 5.91 Å². The Balaban J connectivity index is 1.60. The number of hydrogen-bond donors (Lipinski definition) is 2. The van der Waals surface area contributed by atoms with Crippen LogP contribution in [0.15, 0.2) is 47.2 Å². The average Bonchev–Trinajstić information content (AvgIpc) is 2.62. The normalized spacial score (nSPS) is 10.5. The number of anilines is 1. The third kappa shape index (κ3) is 4.79. The smallest absolute Gasteiger partial charge is 0.325 e. The highest BCUT2D eigenvalue weighted by Crippen LogP contribution is 2.24. The largest absolute Gasteiger partial charge is 0.467 e. The molecule has 1 aromatic heterocycles. The first-order valence-corrected chi connectivity index (χ1v) is 8.93. The average molecular weight is 429 g/mol. The molecule has 0 bridgehead atoms. The number of aromatic nitrogens is 2. The summed E-state index contributed by atoms with van der Waals surface area (Å²) in [6, 6.07) is 10.5. The zero-order chi connectivity index (χ0) is 19.4. The van der Waals surface area contributed by atoms with Crippen LogP contribution in [-0.2, 0) is 4.79 Å². The molecule has 138 valence electrons. The number of aryl methyl sites for hydroxylation is 2. The van der Waals surface area contributed by atoms with Crippen LogP contribution in [0.2, 0.25) is 0 Å². The molecule has 3 aromatic rings. The highest BCUT2D eigenvalue weighted by molar-refractivity contribution is 9.10. The minimum Gasteiger partial charge on any atom is -0.467 e. The highest BCUT2D eigenvalue weighted by atomic mass is 79.9. The number of fused-ring (bicyclic) bond motifs is 1. The lowest BCUT2D eigenvalue weighted by Gasteiger charge is -2.11. The number of nitrogens with zero attached hydrogens (tertiary/aromatic N) is 2. The van der Waals surface area contributed by atoms with Gasteiger partial charge >= 0.3 is 6.03 Å². The molecule has 0 aliphatic heterocycles. The SMILES string of the molecule is Cc1ccc(NC(=O)NC(=O)COc2ncnc3ccc(Br)cc23)c(C)c1. The Kier molecular flexibility index (Phi) is 5.66. The molecule has 2 aromatic carbocycles. The molecule has 0 spiro atoms. The number of benzene rings is 2. The summed E-state index contributed by atoms with van der Waals surface area (Å²) in [5, 5.41) is 5.54. The number of urea groups is 1. The maximum atomic E-state index is 12.0. The Labute approximate surface area is 164 Å². The second kappa shape index (κ2) is 8.13. The Bertz CT molecular complexity index is 1020. The molecular formula is C19H17BrN4O3. The number of amides is 3. The quantitative estimate of drug-likeness (QED) is 0.659. The predicted octanol–water partition coefficient (Wildman–Crippen LogP) is 3.74. The van der Waals surface area contributed by atoms with Crippen molar-refractivity contribution in [1.29, 1.82) is 0 Å². The Morgan fingerprint density at radius 2 is 1.93 bits per heavy atom. The molecule has 27 heavy (non-hydrogen) atoms. The van der Waals surface area contributed by atoms with Crippen LogP contribution in [-0.4, -0.2) is 28.5 Å².